The number of nitrogens with zero attached hydrogens (tertiary/aromatic N) is 1. The van der Waals surface area contributed by atoms with Crippen LogP contribution in [0.25, 0.3) is 0 Å². The van der Waals surface area contributed by atoms with E-state index in [-0.39, 0.29) is 24.3 Å². The number of Topliss-reactive ketones (excluding diaryl/α,β-unsaturated/α-hetero) is 1. The van der Waals surface area contributed by atoms with Crippen LogP contribution in [-0.4, -0.2) is 24.1 Å². The third-order valence-electron chi connectivity index (χ3n) is 5.44. The summed E-state index contributed by atoms with van der Waals surface area (Å²) >= 11 is 1.67. The molecule has 0 bridgehead atoms. The molecule has 146 valence electrons. The van der Waals surface area contributed by atoms with Crippen LogP contribution >= 0.6 is 11.3 Å². The van der Waals surface area contributed by atoms with Crippen LogP contribution in [0, 0.1) is 12.8 Å². The molecule has 0 saturated heterocycles. The van der Waals surface area contributed by atoms with Crippen molar-refractivity contribution in [2.75, 3.05) is 6.61 Å². The lowest BCUT2D eigenvalue weighted by molar-refractivity contribution is -0.146. The number of aliphatic imine (C=N–C) groups is 1. The van der Waals surface area contributed by atoms with Gasteiger partial charge in [0.05, 0.1) is 12.5 Å². The Morgan fingerprint density at radius 3 is 2.75 bits per heavy atom. The standard InChI is InChI=1S/C22H23NO4S/c1-4-26-22(25)19-13(3)23-15-10-14(18-6-5-9-28-18)11-16(24)20(15)21(19)17-8-7-12(2)27-17/h5-9,14,19,21H,4,10-11H2,1-3H3/t14-,19?,21-/m1/s1. The van der Waals surface area contributed by atoms with Gasteiger partial charge in [-0.1, -0.05) is 6.07 Å². The Balaban J connectivity index is 1.80. The Labute approximate surface area is 168 Å². The maximum absolute atomic E-state index is 13.2. The van der Waals surface area contributed by atoms with Crippen LogP contribution < -0.4 is 0 Å². The molecule has 0 saturated carbocycles. The molecule has 0 amide bonds. The van der Waals surface area contributed by atoms with Crippen LogP contribution in [0.3, 0.4) is 0 Å². The van der Waals surface area contributed by atoms with Crippen LogP contribution in [0.2, 0.25) is 0 Å². The number of ether oxygens (including phenoxy) is 1. The minimum Gasteiger partial charge on any atom is -0.466 e. The van der Waals surface area contributed by atoms with Gasteiger partial charge in [-0.2, -0.15) is 0 Å². The number of furan rings is 1. The lowest BCUT2D eigenvalue weighted by Gasteiger charge is -2.35. The zero-order valence-corrected chi connectivity index (χ0v) is 17.0. The maximum atomic E-state index is 13.2. The summed E-state index contributed by atoms with van der Waals surface area (Å²) in [5.74, 6) is 0.0936. The largest absolute Gasteiger partial charge is 0.466 e. The summed E-state index contributed by atoms with van der Waals surface area (Å²) in [6, 6.07) is 7.80. The van der Waals surface area contributed by atoms with Crippen molar-refractivity contribution >= 4 is 28.8 Å². The van der Waals surface area contributed by atoms with Crippen molar-refractivity contribution in [3.8, 4) is 0 Å². The highest BCUT2D eigenvalue weighted by atomic mass is 32.1. The van der Waals surface area contributed by atoms with Gasteiger partial charge in [0.2, 0.25) is 0 Å². The van der Waals surface area contributed by atoms with E-state index in [0.717, 1.165) is 11.5 Å². The molecule has 0 spiro atoms. The zero-order valence-electron chi connectivity index (χ0n) is 16.2. The van der Waals surface area contributed by atoms with Crippen molar-refractivity contribution in [3.05, 3.63) is 57.3 Å². The maximum Gasteiger partial charge on any atom is 0.315 e. The van der Waals surface area contributed by atoms with E-state index in [0.29, 0.717) is 29.9 Å². The number of hydrogen-bond acceptors (Lipinski definition) is 6. The lowest BCUT2D eigenvalue weighted by atomic mass is 9.71. The SMILES string of the molecule is CCOC(=O)C1C(C)=NC2=C(C(=O)C[C@H](c3cccs3)C2)[C@@H]1c1ccc(C)o1. The van der Waals surface area contributed by atoms with Gasteiger partial charge in [-0.3, -0.25) is 14.6 Å². The average molecular weight is 397 g/mol. The first-order chi connectivity index (χ1) is 13.5. The Kier molecular flexibility index (Phi) is 5.06. The third-order valence-corrected chi connectivity index (χ3v) is 6.48. The van der Waals surface area contributed by atoms with E-state index >= 15 is 0 Å². The Morgan fingerprint density at radius 1 is 1.29 bits per heavy atom. The van der Waals surface area contributed by atoms with Crippen molar-refractivity contribution in [2.45, 2.75) is 45.4 Å². The molecular weight excluding hydrogens is 374 g/mol. The van der Waals surface area contributed by atoms with Gasteiger partial charge in [-0.25, -0.2) is 0 Å². The summed E-state index contributed by atoms with van der Waals surface area (Å²) < 4.78 is 11.2. The molecule has 6 heteroatoms. The van der Waals surface area contributed by atoms with Gasteiger partial charge < -0.3 is 9.15 Å². The molecule has 0 radical (unpaired) electrons. The third kappa shape index (κ3) is 3.26. The van der Waals surface area contributed by atoms with Gasteiger partial charge in [0.15, 0.2) is 5.78 Å². The Morgan fingerprint density at radius 2 is 2.11 bits per heavy atom. The van der Waals surface area contributed by atoms with Gasteiger partial charge in [-0.05, 0) is 50.8 Å². The van der Waals surface area contributed by atoms with Crippen molar-refractivity contribution in [1.82, 2.24) is 0 Å². The molecule has 5 nitrogen and oxygen atoms in total. The summed E-state index contributed by atoms with van der Waals surface area (Å²) in [7, 11) is 0. The molecule has 0 N–H and O–H groups in total. The quantitative estimate of drug-likeness (QED) is 0.696. The van der Waals surface area contributed by atoms with Crippen molar-refractivity contribution in [2.24, 2.45) is 10.9 Å². The normalized spacial score (nSPS) is 24.8. The van der Waals surface area contributed by atoms with Crippen molar-refractivity contribution < 1.29 is 18.7 Å². The van der Waals surface area contributed by atoms with Crippen LogP contribution in [-0.2, 0) is 14.3 Å². The number of hydrogen-bond donors (Lipinski definition) is 0. The molecule has 3 atom stereocenters. The second kappa shape index (κ2) is 7.51. The first-order valence-corrected chi connectivity index (χ1v) is 10.4. The van der Waals surface area contributed by atoms with E-state index in [4.69, 9.17) is 14.1 Å². The lowest BCUT2D eigenvalue weighted by Crippen LogP contribution is -2.37. The minimum absolute atomic E-state index is 0.0456. The number of carbonyl (C=O) groups is 2. The summed E-state index contributed by atoms with van der Waals surface area (Å²) in [5, 5.41) is 2.03. The van der Waals surface area contributed by atoms with Gasteiger partial charge in [0.1, 0.15) is 17.4 Å². The van der Waals surface area contributed by atoms with Gasteiger partial charge in [-0.15, -0.1) is 11.3 Å². The van der Waals surface area contributed by atoms with E-state index in [1.165, 1.54) is 4.88 Å². The number of ketones is 1. The fraction of sp³-hybridized carbons (Fsp3) is 0.409. The van der Waals surface area contributed by atoms with Gasteiger partial charge >= 0.3 is 5.97 Å². The highest BCUT2D eigenvalue weighted by Gasteiger charge is 2.46. The first kappa shape index (κ1) is 18.9. The van der Waals surface area contributed by atoms with Gasteiger partial charge in [0.25, 0.3) is 0 Å². The van der Waals surface area contributed by atoms with E-state index in [1.807, 2.05) is 37.4 Å². The minimum atomic E-state index is -0.633. The molecule has 1 unspecified atom stereocenters. The molecule has 0 fully saturated rings. The molecule has 1 aliphatic heterocycles. The smallest absolute Gasteiger partial charge is 0.315 e. The molecule has 1 aliphatic carbocycles. The molecule has 4 rings (SSSR count). The first-order valence-electron chi connectivity index (χ1n) is 9.57. The summed E-state index contributed by atoms with van der Waals surface area (Å²) in [4.78, 5) is 31.9. The highest BCUT2D eigenvalue weighted by Crippen LogP contribution is 2.47. The molecule has 2 aromatic rings. The van der Waals surface area contributed by atoms with E-state index in [9.17, 15) is 9.59 Å². The second-order valence-corrected chi connectivity index (χ2v) is 8.29. The average Bonchev–Trinajstić information content (AvgIpc) is 3.32. The van der Waals surface area contributed by atoms with Crippen LogP contribution in [0.1, 0.15) is 54.9 Å². The number of rotatable bonds is 4. The number of thiophene rings is 1. The number of aryl methyl sites for hydroxylation is 1. The van der Waals surface area contributed by atoms with Crippen LogP contribution in [0.15, 0.2) is 50.3 Å². The second-order valence-electron chi connectivity index (χ2n) is 7.31. The molecular formula is C22H23NO4S. The molecule has 2 aliphatic rings. The Bertz CT molecular complexity index is 967. The zero-order chi connectivity index (χ0) is 19.8. The summed E-state index contributed by atoms with van der Waals surface area (Å²) in [6.45, 7) is 5.76. The number of carbonyl (C=O) groups excluding carboxylic acids is 2. The number of allylic oxidation sites excluding steroid dienone is 2. The van der Waals surface area contributed by atoms with E-state index in [2.05, 4.69) is 6.07 Å². The predicted octanol–water partition coefficient (Wildman–Crippen LogP) is 4.79. The van der Waals surface area contributed by atoms with Crippen LogP contribution in [0.4, 0.5) is 0 Å². The molecule has 2 aromatic heterocycles. The van der Waals surface area contributed by atoms with Crippen molar-refractivity contribution in [3.63, 3.8) is 0 Å². The fourth-order valence-electron chi connectivity index (χ4n) is 4.25. The van der Waals surface area contributed by atoms with E-state index in [1.54, 1.807) is 18.3 Å². The highest BCUT2D eigenvalue weighted by molar-refractivity contribution is 7.10. The summed E-state index contributed by atoms with van der Waals surface area (Å²) in [5.41, 5.74) is 2.08. The molecule has 3 heterocycles. The molecule has 28 heavy (non-hydrogen) atoms. The van der Waals surface area contributed by atoms with E-state index < -0.39 is 11.8 Å². The monoisotopic (exact) mass is 397 g/mol. The summed E-state index contributed by atoms with van der Waals surface area (Å²) in [6.07, 6.45) is 1.13. The predicted molar refractivity (Wildman–Crippen MR) is 108 cm³/mol. The van der Waals surface area contributed by atoms with Gasteiger partial charge in [0, 0.05) is 34.2 Å². The fourth-order valence-corrected chi connectivity index (χ4v) is 5.08. The number of esters is 1. The van der Waals surface area contributed by atoms with Crippen LogP contribution in [0.5, 0.6) is 0 Å². The van der Waals surface area contributed by atoms with Crippen molar-refractivity contribution in [1.29, 1.82) is 0 Å². The molecule has 0 aromatic carbocycles. The Hall–Kier alpha value is -2.47. The topological polar surface area (TPSA) is 68.9 Å².